The number of methoxy groups -OCH3 is 2. The van der Waals surface area contributed by atoms with E-state index >= 15 is 0 Å². The van der Waals surface area contributed by atoms with Crippen molar-refractivity contribution in [3.8, 4) is 0 Å². The topological polar surface area (TPSA) is 55.8 Å². The van der Waals surface area contributed by atoms with Crippen LogP contribution in [-0.2, 0) is 14.3 Å². The van der Waals surface area contributed by atoms with Gasteiger partial charge in [0.15, 0.2) is 0 Å². The molecule has 0 aliphatic carbocycles. The highest BCUT2D eigenvalue weighted by atomic mass is 16.6. The van der Waals surface area contributed by atoms with Crippen molar-refractivity contribution in [1.82, 2.24) is 4.90 Å². The molecule has 0 bridgehead atoms. The van der Waals surface area contributed by atoms with E-state index in [4.69, 9.17) is 4.74 Å². The molecule has 5 heteroatoms. The lowest BCUT2D eigenvalue weighted by Gasteiger charge is -2.26. The average Bonchev–Trinajstić information content (AvgIpc) is 2.39. The number of amides is 1. The molecule has 1 rings (SSSR count). The molecule has 0 spiro atoms. The molecule has 1 aromatic rings. The number of hydrogen-bond donors (Lipinski definition) is 0. The van der Waals surface area contributed by atoms with Crippen LogP contribution in [0, 0.1) is 0 Å². The Labute approximate surface area is 99.9 Å². The summed E-state index contributed by atoms with van der Waals surface area (Å²) in [5, 5.41) is 0. The van der Waals surface area contributed by atoms with Crippen LogP contribution in [0.15, 0.2) is 30.3 Å². The fourth-order valence-corrected chi connectivity index (χ4v) is 1.49. The Balaban J connectivity index is 2.97. The molecule has 5 nitrogen and oxygen atoms in total. The van der Waals surface area contributed by atoms with Crippen LogP contribution >= 0.6 is 0 Å². The van der Waals surface area contributed by atoms with Gasteiger partial charge in [0, 0.05) is 7.11 Å². The molecule has 1 unspecified atom stereocenters. The number of nitrogens with zero attached hydrogens (tertiary/aromatic N) is 1. The van der Waals surface area contributed by atoms with Gasteiger partial charge in [-0.1, -0.05) is 30.3 Å². The molecular weight excluding hydrogens is 222 g/mol. The summed E-state index contributed by atoms with van der Waals surface area (Å²) >= 11 is 0. The minimum atomic E-state index is -0.705. The van der Waals surface area contributed by atoms with Gasteiger partial charge in [-0.2, -0.15) is 0 Å². The Kier molecular flexibility index (Phi) is 5.16. The Morgan fingerprint density at radius 3 is 2.47 bits per heavy atom. The second kappa shape index (κ2) is 6.65. The molecule has 1 atom stereocenters. The molecule has 0 fully saturated rings. The first-order valence-electron chi connectivity index (χ1n) is 5.08. The lowest BCUT2D eigenvalue weighted by atomic mass is 10.1. The normalized spacial score (nSPS) is 11.6. The highest BCUT2D eigenvalue weighted by Crippen LogP contribution is 2.18. The number of ether oxygens (including phenoxy) is 2. The van der Waals surface area contributed by atoms with E-state index < -0.39 is 12.1 Å². The minimum absolute atomic E-state index is 0.00895. The Morgan fingerprint density at radius 2 is 2.00 bits per heavy atom. The zero-order valence-electron chi connectivity index (χ0n) is 9.83. The van der Waals surface area contributed by atoms with Gasteiger partial charge in [0.25, 0.3) is 0 Å². The molecule has 0 saturated heterocycles. The largest absolute Gasteiger partial charge is 0.453 e. The zero-order valence-corrected chi connectivity index (χ0v) is 9.83. The zero-order chi connectivity index (χ0) is 12.7. The first-order valence-corrected chi connectivity index (χ1v) is 5.08. The van der Waals surface area contributed by atoms with E-state index in [0.29, 0.717) is 11.8 Å². The number of carbonyl (C=O) groups excluding carboxylic acids is 2. The molecule has 0 aliphatic heterocycles. The molecule has 1 aromatic carbocycles. The molecule has 0 aromatic heterocycles. The van der Waals surface area contributed by atoms with E-state index in [9.17, 15) is 9.59 Å². The standard InChI is InChI=1S/C12H15NO4/c1-16-9-13(12(15)17-2)11(8-14)10-6-4-3-5-7-10/h3-8,11H,9H2,1-2H3. The molecular formula is C12H15NO4. The monoisotopic (exact) mass is 237 g/mol. The van der Waals surface area contributed by atoms with E-state index in [1.807, 2.05) is 6.07 Å². The summed E-state index contributed by atoms with van der Waals surface area (Å²) < 4.78 is 9.51. The maximum atomic E-state index is 11.5. The minimum Gasteiger partial charge on any atom is -0.453 e. The fourth-order valence-electron chi connectivity index (χ4n) is 1.49. The second-order valence-corrected chi connectivity index (χ2v) is 3.35. The van der Waals surface area contributed by atoms with Gasteiger partial charge in [0.05, 0.1) is 7.11 Å². The number of aldehydes is 1. The predicted molar refractivity (Wildman–Crippen MR) is 61.4 cm³/mol. The average molecular weight is 237 g/mol. The quantitative estimate of drug-likeness (QED) is 0.576. The first kappa shape index (κ1) is 13.2. The van der Waals surface area contributed by atoms with Crippen LogP contribution in [0.3, 0.4) is 0 Å². The van der Waals surface area contributed by atoms with E-state index in [-0.39, 0.29) is 6.73 Å². The van der Waals surface area contributed by atoms with Crippen molar-refractivity contribution >= 4 is 12.4 Å². The van der Waals surface area contributed by atoms with Gasteiger partial charge in [-0.05, 0) is 5.56 Å². The van der Waals surface area contributed by atoms with E-state index in [0.717, 1.165) is 0 Å². The summed E-state index contributed by atoms with van der Waals surface area (Å²) in [6.45, 7) is -0.00895. The third kappa shape index (κ3) is 3.29. The van der Waals surface area contributed by atoms with Crippen molar-refractivity contribution in [3.63, 3.8) is 0 Å². The van der Waals surface area contributed by atoms with Crippen LogP contribution < -0.4 is 0 Å². The Hall–Kier alpha value is -1.88. The van der Waals surface area contributed by atoms with Crippen LogP contribution in [-0.4, -0.2) is 38.2 Å². The molecule has 0 aliphatic rings. The van der Waals surface area contributed by atoms with Gasteiger partial charge in [0.2, 0.25) is 0 Å². The van der Waals surface area contributed by atoms with Crippen LogP contribution in [0.5, 0.6) is 0 Å². The van der Waals surface area contributed by atoms with Crippen molar-refractivity contribution in [2.45, 2.75) is 6.04 Å². The Bertz CT molecular complexity index is 366. The summed E-state index contributed by atoms with van der Waals surface area (Å²) in [6.07, 6.45) is 0.0819. The van der Waals surface area contributed by atoms with Crippen molar-refractivity contribution < 1.29 is 19.1 Å². The summed E-state index contributed by atoms with van der Waals surface area (Å²) in [5.74, 6) is 0. The van der Waals surface area contributed by atoms with E-state index in [1.54, 1.807) is 24.3 Å². The van der Waals surface area contributed by atoms with Crippen LogP contribution in [0.2, 0.25) is 0 Å². The molecule has 0 saturated carbocycles. The third-order valence-corrected chi connectivity index (χ3v) is 2.28. The van der Waals surface area contributed by atoms with Crippen LogP contribution in [0.25, 0.3) is 0 Å². The van der Waals surface area contributed by atoms with Crippen molar-refractivity contribution in [2.75, 3.05) is 21.0 Å². The number of carbonyl (C=O) groups is 2. The molecule has 1 amide bonds. The van der Waals surface area contributed by atoms with E-state index in [1.165, 1.54) is 19.1 Å². The van der Waals surface area contributed by atoms with Crippen molar-refractivity contribution in [1.29, 1.82) is 0 Å². The van der Waals surface area contributed by atoms with Gasteiger partial charge in [-0.25, -0.2) is 4.79 Å². The first-order chi connectivity index (χ1) is 8.24. The van der Waals surface area contributed by atoms with Gasteiger partial charge in [-0.15, -0.1) is 0 Å². The number of hydrogen-bond acceptors (Lipinski definition) is 4. The van der Waals surface area contributed by atoms with Gasteiger partial charge < -0.3 is 14.3 Å². The third-order valence-electron chi connectivity index (χ3n) is 2.28. The summed E-state index contributed by atoms with van der Waals surface area (Å²) in [6, 6.07) is 8.27. The highest BCUT2D eigenvalue weighted by Gasteiger charge is 2.25. The molecule has 0 radical (unpaired) electrons. The highest BCUT2D eigenvalue weighted by molar-refractivity contribution is 5.74. The van der Waals surface area contributed by atoms with Gasteiger partial charge in [-0.3, -0.25) is 4.90 Å². The summed E-state index contributed by atoms with van der Waals surface area (Å²) in [4.78, 5) is 23.9. The Morgan fingerprint density at radius 1 is 1.35 bits per heavy atom. The number of benzene rings is 1. The maximum absolute atomic E-state index is 11.5. The molecule has 92 valence electrons. The van der Waals surface area contributed by atoms with Crippen LogP contribution in [0.1, 0.15) is 11.6 Å². The fraction of sp³-hybridized carbons (Fsp3) is 0.333. The van der Waals surface area contributed by atoms with Crippen molar-refractivity contribution in [3.05, 3.63) is 35.9 Å². The van der Waals surface area contributed by atoms with Crippen molar-refractivity contribution in [2.24, 2.45) is 0 Å². The second-order valence-electron chi connectivity index (χ2n) is 3.35. The van der Waals surface area contributed by atoms with Gasteiger partial charge in [0.1, 0.15) is 19.1 Å². The smallest absolute Gasteiger partial charge is 0.412 e. The lowest BCUT2D eigenvalue weighted by molar-refractivity contribution is -0.113. The number of rotatable bonds is 5. The summed E-state index contributed by atoms with van der Waals surface area (Å²) in [7, 11) is 2.71. The summed E-state index contributed by atoms with van der Waals surface area (Å²) in [5.41, 5.74) is 0.713. The molecule has 17 heavy (non-hydrogen) atoms. The van der Waals surface area contributed by atoms with Gasteiger partial charge >= 0.3 is 6.09 Å². The lowest BCUT2D eigenvalue weighted by Crippen LogP contribution is -2.37. The van der Waals surface area contributed by atoms with Crippen LogP contribution in [0.4, 0.5) is 4.79 Å². The molecule has 0 N–H and O–H groups in total. The maximum Gasteiger partial charge on any atom is 0.412 e. The van der Waals surface area contributed by atoms with E-state index in [2.05, 4.69) is 4.74 Å². The SMILES string of the molecule is COCN(C(=O)OC)C(C=O)c1ccccc1. The molecule has 0 heterocycles. The predicted octanol–water partition coefficient (Wildman–Crippen LogP) is 1.60.